The lowest BCUT2D eigenvalue weighted by Gasteiger charge is -2.10. The Morgan fingerprint density at radius 1 is 1.00 bits per heavy atom. The van der Waals surface area contributed by atoms with Gasteiger partial charge >= 0.3 is 0 Å². The zero-order valence-electron chi connectivity index (χ0n) is 10.0. The van der Waals surface area contributed by atoms with E-state index in [1.807, 2.05) is 0 Å². The lowest BCUT2D eigenvalue weighted by atomic mass is 10.3. The highest BCUT2D eigenvalue weighted by molar-refractivity contribution is 9.10. The molecule has 0 spiro atoms. The topological polar surface area (TPSA) is 46.2 Å². The minimum Gasteiger partial charge on any atom is -0.277 e. The van der Waals surface area contributed by atoms with E-state index in [9.17, 15) is 17.2 Å². The molecule has 0 unspecified atom stereocenters. The van der Waals surface area contributed by atoms with Crippen LogP contribution in [0.15, 0.2) is 44.2 Å². The van der Waals surface area contributed by atoms with Crippen molar-refractivity contribution in [3.05, 3.63) is 55.9 Å². The summed E-state index contributed by atoms with van der Waals surface area (Å²) in [5.41, 5.74) is -0.366. The molecule has 0 fully saturated rings. The van der Waals surface area contributed by atoms with E-state index in [1.54, 1.807) is 0 Å². The number of nitrogens with one attached hydrogen (secondary N) is 1. The Bertz CT molecular complexity index is 815. The van der Waals surface area contributed by atoms with E-state index in [-0.39, 0.29) is 15.1 Å². The first-order valence-corrected chi connectivity index (χ1v) is 8.78. The van der Waals surface area contributed by atoms with E-state index in [2.05, 4.69) is 36.6 Å². The molecule has 0 radical (unpaired) electrons. The van der Waals surface area contributed by atoms with E-state index >= 15 is 0 Å². The second-order valence-electron chi connectivity index (χ2n) is 3.93. The second-order valence-corrected chi connectivity index (χ2v) is 7.73. The smallest absolute Gasteiger partial charge is 0.262 e. The van der Waals surface area contributed by atoms with Crippen LogP contribution in [0.4, 0.5) is 14.5 Å². The fourth-order valence-electron chi connectivity index (χ4n) is 1.45. The van der Waals surface area contributed by atoms with Crippen molar-refractivity contribution in [3.63, 3.8) is 0 Å². The SMILES string of the molecule is O=S(=O)(Nc1cc(Br)c(F)cc1F)c1ccc(Cl)c(Br)c1. The van der Waals surface area contributed by atoms with Gasteiger partial charge in [-0.15, -0.1) is 0 Å². The summed E-state index contributed by atoms with van der Waals surface area (Å²) in [6.07, 6.45) is 0. The standard InChI is InChI=1S/C12H6Br2ClF2NO2S/c13-7-3-6(1-2-9(7)15)21(19,20)18-12-4-8(14)10(16)5-11(12)17/h1-5,18H. The molecule has 0 saturated heterocycles. The molecule has 9 heteroatoms. The largest absolute Gasteiger partial charge is 0.277 e. The maximum Gasteiger partial charge on any atom is 0.262 e. The fraction of sp³-hybridized carbons (Fsp3) is 0. The second kappa shape index (κ2) is 6.20. The van der Waals surface area contributed by atoms with Crippen molar-refractivity contribution < 1.29 is 17.2 Å². The molecule has 112 valence electrons. The molecule has 0 atom stereocenters. The van der Waals surface area contributed by atoms with E-state index in [1.165, 1.54) is 18.2 Å². The molecule has 0 aliphatic carbocycles. The van der Waals surface area contributed by atoms with Crippen molar-refractivity contribution in [2.24, 2.45) is 0 Å². The van der Waals surface area contributed by atoms with Gasteiger partial charge in [-0.25, -0.2) is 17.2 Å². The number of hydrogen-bond donors (Lipinski definition) is 1. The third-order valence-electron chi connectivity index (χ3n) is 2.46. The van der Waals surface area contributed by atoms with Crippen LogP contribution in [-0.2, 0) is 10.0 Å². The van der Waals surface area contributed by atoms with Crippen LogP contribution in [0.2, 0.25) is 5.02 Å². The Morgan fingerprint density at radius 3 is 2.29 bits per heavy atom. The maximum absolute atomic E-state index is 13.6. The first-order valence-electron chi connectivity index (χ1n) is 5.33. The van der Waals surface area contributed by atoms with Gasteiger partial charge in [-0.1, -0.05) is 11.6 Å². The van der Waals surface area contributed by atoms with Gasteiger partial charge in [-0.3, -0.25) is 4.72 Å². The molecule has 2 rings (SSSR count). The molecule has 0 saturated carbocycles. The summed E-state index contributed by atoms with van der Waals surface area (Å²) in [6.45, 7) is 0. The molecule has 3 nitrogen and oxygen atoms in total. The zero-order valence-corrected chi connectivity index (χ0v) is 14.7. The van der Waals surface area contributed by atoms with E-state index in [0.717, 1.165) is 6.07 Å². The van der Waals surface area contributed by atoms with Crippen molar-refractivity contribution in [2.45, 2.75) is 4.90 Å². The van der Waals surface area contributed by atoms with Crippen LogP contribution in [0, 0.1) is 11.6 Å². The van der Waals surface area contributed by atoms with E-state index < -0.39 is 21.7 Å². The summed E-state index contributed by atoms with van der Waals surface area (Å²) in [7, 11) is -4.03. The molecule has 2 aromatic rings. The molecule has 2 aromatic carbocycles. The molecule has 0 aliphatic heterocycles. The van der Waals surface area contributed by atoms with E-state index in [0.29, 0.717) is 15.6 Å². The average Bonchev–Trinajstić information content (AvgIpc) is 2.39. The van der Waals surface area contributed by atoms with Gasteiger partial charge in [-0.05, 0) is 56.1 Å². The molecule has 0 aliphatic rings. The molecular weight excluding hydrogens is 455 g/mol. The fourth-order valence-corrected chi connectivity index (χ4v) is 3.52. The molecule has 0 bridgehead atoms. The van der Waals surface area contributed by atoms with Crippen LogP contribution < -0.4 is 4.72 Å². The molecule has 0 amide bonds. The Balaban J connectivity index is 2.42. The normalized spacial score (nSPS) is 11.5. The zero-order chi connectivity index (χ0) is 15.8. The summed E-state index contributed by atoms with van der Waals surface area (Å²) < 4.78 is 53.4. The summed E-state index contributed by atoms with van der Waals surface area (Å²) >= 11 is 11.8. The molecule has 0 heterocycles. The quantitative estimate of drug-likeness (QED) is 0.658. The first-order chi connectivity index (χ1) is 9.70. The van der Waals surface area contributed by atoms with Gasteiger partial charge in [-0.2, -0.15) is 0 Å². The van der Waals surface area contributed by atoms with Crippen LogP contribution in [0.3, 0.4) is 0 Å². The number of rotatable bonds is 3. The Labute approximate surface area is 141 Å². The van der Waals surface area contributed by atoms with E-state index in [4.69, 9.17) is 11.6 Å². The minimum atomic E-state index is -4.03. The van der Waals surface area contributed by atoms with Gasteiger partial charge in [0.1, 0.15) is 11.6 Å². The molecule has 0 aromatic heterocycles. The lowest BCUT2D eigenvalue weighted by Crippen LogP contribution is -2.14. The lowest BCUT2D eigenvalue weighted by molar-refractivity contribution is 0.579. The highest BCUT2D eigenvalue weighted by Crippen LogP contribution is 2.28. The van der Waals surface area contributed by atoms with Crippen molar-refractivity contribution in [1.29, 1.82) is 0 Å². The van der Waals surface area contributed by atoms with Crippen molar-refractivity contribution in [3.8, 4) is 0 Å². The predicted molar refractivity (Wildman–Crippen MR) is 84.0 cm³/mol. The van der Waals surface area contributed by atoms with Gasteiger partial charge in [0.05, 0.1) is 20.1 Å². The monoisotopic (exact) mass is 459 g/mol. The summed E-state index contributed by atoms with van der Waals surface area (Å²) in [4.78, 5) is -0.112. The number of anilines is 1. The van der Waals surface area contributed by atoms with Gasteiger partial charge in [0, 0.05) is 10.5 Å². The van der Waals surface area contributed by atoms with Gasteiger partial charge in [0.25, 0.3) is 10.0 Å². The molecular formula is C12H6Br2ClF2NO2S. The van der Waals surface area contributed by atoms with Crippen molar-refractivity contribution >= 4 is 59.2 Å². The number of benzene rings is 2. The number of halogens is 5. The molecule has 21 heavy (non-hydrogen) atoms. The van der Waals surface area contributed by atoms with Gasteiger partial charge < -0.3 is 0 Å². The predicted octanol–water partition coefficient (Wildman–Crippen LogP) is 4.94. The Morgan fingerprint density at radius 2 is 1.67 bits per heavy atom. The first kappa shape index (κ1) is 16.7. The third kappa shape index (κ3) is 3.74. The maximum atomic E-state index is 13.6. The van der Waals surface area contributed by atoms with Gasteiger partial charge in [0.15, 0.2) is 0 Å². The average molecular weight is 462 g/mol. The Hall–Kier alpha value is -0.700. The molecule has 1 N–H and O–H groups in total. The van der Waals surface area contributed by atoms with Crippen molar-refractivity contribution in [2.75, 3.05) is 4.72 Å². The highest BCUT2D eigenvalue weighted by atomic mass is 79.9. The number of sulfonamides is 1. The Kier molecular flexibility index (Phi) is 4.92. The summed E-state index contributed by atoms with van der Waals surface area (Å²) in [6, 6.07) is 5.52. The minimum absolute atomic E-state index is 0.0566. The van der Waals surface area contributed by atoms with Crippen LogP contribution in [-0.4, -0.2) is 8.42 Å². The summed E-state index contributed by atoms with van der Waals surface area (Å²) in [5.74, 6) is -1.85. The van der Waals surface area contributed by atoms with Crippen LogP contribution in [0.1, 0.15) is 0 Å². The van der Waals surface area contributed by atoms with Crippen LogP contribution in [0.5, 0.6) is 0 Å². The van der Waals surface area contributed by atoms with Crippen molar-refractivity contribution in [1.82, 2.24) is 0 Å². The number of hydrogen-bond acceptors (Lipinski definition) is 2. The van der Waals surface area contributed by atoms with Gasteiger partial charge in [0.2, 0.25) is 0 Å². The summed E-state index contributed by atoms with van der Waals surface area (Å²) in [5, 5.41) is 0.338. The highest BCUT2D eigenvalue weighted by Gasteiger charge is 2.18. The van der Waals surface area contributed by atoms with Crippen LogP contribution >= 0.6 is 43.5 Å². The third-order valence-corrected chi connectivity index (χ3v) is 5.64. The van der Waals surface area contributed by atoms with Crippen LogP contribution in [0.25, 0.3) is 0 Å².